The van der Waals surface area contributed by atoms with Gasteiger partial charge in [0.2, 0.25) is 0 Å². The van der Waals surface area contributed by atoms with Crippen molar-refractivity contribution in [2.45, 2.75) is 46.4 Å². The van der Waals surface area contributed by atoms with Crippen molar-refractivity contribution >= 4 is 13.2 Å². The molecule has 0 amide bonds. The average Bonchev–Trinajstić information content (AvgIpc) is 2.53. The molecule has 1 fully saturated rings. The largest absolute Gasteiger partial charge is 0.486 e. The minimum absolute atomic E-state index is 0.131. The highest BCUT2D eigenvalue weighted by Gasteiger charge is 2.17. The van der Waals surface area contributed by atoms with Crippen molar-refractivity contribution in [1.82, 2.24) is 4.90 Å². The van der Waals surface area contributed by atoms with Crippen LogP contribution in [0, 0.1) is 0 Å². The highest BCUT2D eigenvalue weighted by Crippen LogP contribution is 2.12. The van der Waals surface area contributed by atoms with Crippen LogP contribution >= 0.6 is 0 Å². The van der Waals surface area contributed by atoms with E-state index in [9.17, 15) is 0 Å². The van der Waals surface area contributed by atoms with Crippen molar-refractivity contribution in [3.8, 4) is 0 Å². The quantitative estimate of drug-likeness (QED) is 0.683. The molecule has 0 spiro atoms. The minimum atomic E-state index is -0.312. The van der Waals surface area contributed by atoms with Crippen molar-refractivity contribution in [3.63, 3.8) is 0 Å². The zero-order chi connectivity index (χ0) is 17.4. The molecule has 1 heterocycles. The first-order valence-electron chi connectivity index (χ1n) is 8.91. The molecule has 132 valence electrons. The number of benzene rings is 1. The van der Waals surface area contributed by atoms with Crippen LogP contribution in [-0.4, -0.2) is 50.5 Å². The molecule has 1 aliphatic heterocycles. The molecule has 0 atom stereocenters. The zero-order valence-corrected chi connectivity index (χ0v) is 15.4. The lowest BCUT2D eigenvalue weighted by Gasteiger charge is -2.26. The number of nitrogens with zero attached hydrogens (tertiary/aromatic N) is 1. The lowest BCUT2D eigenvalue weighted by Crippen LogP contribution is -2.35. The minimum Gasteiger partial charge on any atom is -0.405 e. The maximum atomic E-state index is 5.80. The molecular weight excluding hydrogens is 301 g/mol. The van der Waals surface area contributed by atoms with Gasteiger partial charge in [-0.2, -0.15) is 0 Å². The summed E-state index contributed by atoms with van der Waals surface area (Å²) in [5.74, 6) is 1.99. The van der Waals surface area contributed by atoms with Crippen LogP contribution in [0.1, 0.15) is 38.8 Å². The van der Waals surface area contributed by atoms with E-state index in [1.807, 2.05) is 33.7 Å². The third-order valence-electron chi connectivity index (χ3n) is 3.72. The molecule has 0 saturated carbocycles. The Balaban J connectivity index is 1.98. The Morgan fingerprint density at radius 1 is 1.12 bits per heavy atom. The summed E-state index contributed by atoms with van der Waals surface area (Å²) >= 11 is 0. The van der Waals surface area contributed by atoms with Crippen LogP contribution in [-0.2, 0) is 20.6 Å². The fourth-order valence-electron chi connectivity index (χ4n) is 2.66. The van der Waals surface area contributed by atoms with E-state index in [4.69, 9.17) is 14.0 Å². The second-order valence-electron chi connectivity index (χ2n) is 6.73. The molecule has 2 rings (SSSR count). The number of rotatable bonds is 8. The van der Waals surface area contributed by atoms with Gasteiger partial charge in [-0.15, -0.1) is 0 Å². The summed E-state index contributed by atoms with van der Waals surface area (Å²) < 4.78 is 17.0. The maximum absolute atomic E-state index is 5.80. The summed E-state index contributed by atoms with van der Waals surface area (Å²) in [6, 6.07) is 8.63. The van der Waals surface area contributed by atoms with Gasteiger partial charge in [-0.3, -0.25) is 4.90 Å². The zero-order valence-electron chi connectivity index (χ0n) is 15.4. The number of ether oxygens (including phenoxy) is 1. The molecule has 24 heavy (non-hydrogen) atoms. The summed E-state index contributed by atoms with van der Waals surface area (Å²) in [6.07, 6.45) is 2.34. The molecule has 5 heteroatoms. The predicted octanol–water partition coefficient (Wildman–Crippen LogP) is 3.41. The molecule has 1 saturated heterocycles. The summed E-state index contributed by atoms with van der Waals surface area (Å²) in [5.41, 5.74) is 2.50. The lowest BCUT2D eigenvalue weighted by molar-refractivity contribution is 0.0342. The molecule has 1 aliphatic rings. The van der Waals surface area contributed by atoms with E-state index in [1.165, 1.54) is 11.1 Å². The topological polar surface area (TPSA) is 30.9 Å². The average molecular weight is 331 g/mol. The number of hydrogen-bond donors (Lipinski definition) is 0. The van der Waals surface area contributed by atoms with Crippen LogP contribution < -0.4 is 0 Å². The van der Waals surface area contributed by atoms with Gasteiger partial charge in [0.05, 0.1) is 13.2 Å². The van der Waals surface area contributed by atoms with Gasteiger partial charge in [-0.25, -0.2) is 0 Å². The van der Waals surface area contributed by atoms with Gasteiger partial charge in [0.1, 0.15) is 0 Å². The highest BCUT2D eigenvalue weighted by molar-refractivity contribution is 6.51. The fraction of sp³-hybridized carbons (Fsp3) is 0.579. The van der Waals surface area contributed by atoms with Gasteiger partial charge in [0, 0.05) is 31.8 Å². The Hall–Kier alpha value is -1.14. The van der Waals surface area contributed by atoms with Gasteiger partial charge in [-0.05, 0) is 38.8 Å². The summed E-state index contributed by atoms with van der Waals surface area (Å²) in [5, 5.41) is 0. The molecule has 1 aromatic carbocycles. The van der Waals surface area contributed by atoms with Gasteiger partial charge < -0.3 is 14.0 Å². The molecule has 0 radical (unpaired) electrons. The van der Waals surface area contributed by atoms with E-state index in [1.54, 1.807) is 0 Å². The highest BCUT2D eigenvalue weighted by atomic mass is 16.6. The van der Waals surface area contributed by atoms with Crippen molar-refractivity contribution in [3.05, 3.63) is 41.4 Å². The molecule has 4 nitrogen and oxygen atoms in total. The lowest BCUT2D eigenvalue weighted by atomic mass is 9.87. The van der Waals surface area contributed by atoms with Crippen LogP contribution in [0.15, 0.2) is 30.2 Å². The van der Waals surface area contributed by atoms with E-state index in [0.717, 1.165) is 32.8 Å². The summed E-state index contributed by atoms with van der Waals surface area (Å²) in [7, 11) is -0.312. The smallest absolute Gasteiger partial charge is 0.405 e. The molecule has 0 unspecified atom stereocenters. The third kappa shape index (κ3) is 7.18. The predicted molar refractivity (Wildman–Crippen MR) is 99.8 cm³/mol. The van der Waals surface area contributed by atoms with Gasteiger partial charge in [0.15, 0.2) is 0 Å². The second-order valence-corrected chi connectivity index (χ2v) is 6.73. The molecule has 0 aliphatic carbocycles. The number of morpholine rings is 1. The SMILES string of the molecule is CC(C)OB(C=Cc1cccc(CN2CCOCC2)c1)OC(C)C. The van der Waals surface area contributed by atoms with E-state index in [2.05, 4.69) is 35.2 Å². The fourth-order valence-corrected chi connectivity index (χ4v) is 2.66. The second kappa shape index (κ2) is 9.99. The summed E-state index contributed by atoms with van der Waals surface area (Å²) in [4.78, 5) is 2.43. The first kappa shape index (κ1) is 19.2. The van der Waals surface area contributed by atoms with Crippen molar-refractivity contribution < 1.29 is 14.0 Å². The van der Waals surface area contributed by atoms with Crippen LogP contribution in [0.4, 0.5) is 0 Å². The Morgan fingerprint density at radius 2 is 1.79 bits per heavy atom. The molecule has 0 bridgehead atoms. The van der Waals surface area contributed by atoms with Crippen molar-refractivity contribution in [2.75, 3.05) is 26.3 Å². The Labute approximate surface area is 146 Å². The molecule has 1 aromatic rings. The van der Waals surface area contributed by atoms with Crippen LogP contribution in [0.5, 0.6) is 0 Å². The van der Waals surface area contributed by atoms with Gasteiger partial charge in [-0.1, -0.05) is 36.3 Å². The maximum Gasteiger partial charge on any atom is 0.486 e. The molecular formula is C19H30BNO3. The van der Waals surface area contributed by atoms with Crippen molar-refractivity contribution in [2.24, 2.45) is 0 Å². The monoisotopic (exact) mass is 331 g/mol. The normalized spacial score (nSPS) is 16.4. The third-order valence-corrected chi connectivity index (χ3v) is 3.72. The van der Waals surface area contributed by atoms with Crippen LogP contribution in [0.25, 0.3) is 6.08 Å². The van der Waals surface area contributed by atoms with E-state index >= 15 is 0 Å². The van der Waals surface area contributed by atoms with Crippen LogP contribution in [0.2, 0.25) is 0 Å². The van der Waals surface area contributed by atoms with E-state index < -0.39 is 0 Å². The Kier molecular flexibility index (Phi) is 7.99. The van der Waals surface area contributed by atoms with Crippen molar-refractivity contribution in [1.29, 1.82) is 0 Å². The first-order valence-corrected chi connectivity index (χ1v) is 8.91. The molecule has 0 N–H and O–H groups in total. The molecule has 0 aromatic heterocycles. The van der Waals surface area contributed by atoms with Crippen LogP contribution in [0.3, 0.4) is 0 Å². The van der Waals surface area contributed by atoms with E-state index in [-0.39, 0.29) is 19.3 Å². The van der Waals surface area contributed by atoms with E-state index in [0.29, 0.717) is 0 Å². The summed E-state index contributed by atoms with van der Waals surface area (Å²) in [6.45, 7) is 12.7. The Bertz CT molecular complexity index is 503. The standard InChI is InChI=1S/C19H30BNO3/c1-16(2)23-20(24-17(3)4)9-8-18-6-5-7-19(14-18)15-21-10-12-22-13-11-21/h5-9,14,16-17H,10-13,15H2,1-4H3. The first-order chi connectivity index (χ1) is 11.5. The Morgan fingerprint density at radius 3 is 2.42 bits per heavy atom. The van der Waals surface area contributed by atoms with Gasteiger partial charge >= 0.3 is 7.12 Å². The number of hydrogen-bond acceptors (Lipinski definition) is 4. The van der Waals surface area contributed by atoms with Gasteiger partial charge in [0.25, 0.3) is 0 Å².